The van der Waals surface area contributed by atoms with Crippen molar-refractivity contribution in [2.24, 2.45) is 11.1 Å². The third kappa shape index (κ3) is 3.19. The summed E-state index contributed by atoms with van der Waals surface area (Å²) in [6, 6.07) is 4.13. The standard InChI is InChI=1S/C13H22N4/c1-9(13(2,3)4)17(5)10-6-7-11(12(14)15)16-8-10/h6-9H,1-5H3,(H3,14,15). The maximum absolute atomic E-state index is 7.30. The second kappa shape index (κ2) is 4.73. The molecule has 94 valence electrons. The highest BCUT2D eigenvalue weighted by Crippen LogP contribution is 2.26. The number of hydrogen-bond acceptors (Lipinski definition) is 3. The molecule has 1 heterocycles. The van der Waals surface area contributed by atoms with Crippen LogP contribution >= 0.6 is 0 Å². The Labute approximate surface area is 103 Å². The van der Waals surface area contributed by atoms with Crippen LogP contribution in [0.15, 0.2) is 18.3 Å². The van der Waals surface area contributed by atoms with Gasteiger partial charge in [-0.05, 0) is 24.5 Å². The minimum Gasteiger partial charge on any atom is -0.382 e. The summed E-state index contributed by atoms with van der Waals surface area (Å²) in [6.45, 7) is 8.83. The first-order valence-corrected chi connectivity index (χ1v) is 5.76. The van der Waals surface area contributed by atoms with Crippen LogP contribution in [0.1, 0.15) is 33.4 Å². The zero-order chi connectivity index (χ0) is 13.2. The predicted molar refractivity (Wildman–Crippen MR) is 72.6 cm³/mol. The molecule has 1 unspecified atom stereocenters. The molecule has 0 spiro atoms. The molecule has 0 fully saturated rings. The first-order valence-electron chi connectivity index (χ1n) is 5.76. The lowest BCUT2D eigenvalue weighted by atomic mass is 9.87. The van der Waals surface area contributed by atoms with Gasteiger partial charge in [-0.1, -0.05) is 20.8 Å². The summed E-state index contributed by atoms with van der Waals surface area (Å²) >= 11 is 0. The van der Waals surface area contributed by atoms with E-state index in [2.05, 4.69) is 44.6 Å². The molecule has 4 nitrogen and oxygen atoms in total. The minimum absolute atomic E-state index is 0.00285. The SMILES string of the molecule is CC(N(C)c1ccc(C(=N)N)nc1)C(C)(C)C. The van der Waals surface area contributed by atoms with Gasteiger partial charge in [0.15, 0.2) is 0 Å². The molecule has 0 aliphatic heterocycles. The van der Waals surface area contributed by atoms with Crippen LogP contribution in [-0.2, 0) is 0 Å². The van der Waals surface area contributed by atoms with Crippen LogP contribution in [0.3, 0.4) is 0 Å². The quantitative estimate of drug-likeness (QED) is 0.622. The molecule has 4 heteroatoms. The number of anilines is 1. The van der Waals surface area contributed by atoms with Gasteiger partial charge in [0.1, 0.15) is 11.5 Å². The van der Waals surface area contributed by atoms with Crippen LogP contribution in [0.25, 0.3) is 0 Å². The third-order valence-corrected chi connectivity index (χ3v) is 3.27. The van der Waals surface area contributed by atoms with Crippen molar-refractivity contribution in [1.29, 1.82) is 5.41 Å². The molecule has 0 bridgehead atoms. The summed E-state index contributed by atoms with van der Waals surface area (Å²) < 4.78 is 0. The average molecular weight is 234 g/mol. The van der Waals surface area contributed by atoms with Gasteiger partial charge in [-0.25, -0.2) is 0 Å². The molecule has 17 heavy (non-hydrogen) atoms. The summed E-state index contributed by atoms with van der Waals surface area (Å²) in [5.74, 6) is 0.00285. The van der Waals surface area contributed by atoms with Gasteiger partial charge < -0.3 is 10.6 Å². The summed E-state index contributed by atoms with van der Waals surface area (Å²) in [5.41, 5.74) is 7.14. The van der Waals surface area contributed by atoms with Gasteiger partial charge in [-0.3, -0.25) is 10.4 Å². The van der Waals surface area contributed by atoms with Crippen LogP contribution < -0.4 is 10.6 Å². The topological polar surface area (TPSA) is 66.0 Å². The molecule has 0 radical (unpaired) electrons. The van der Waals surface area contributed by atoms with Crippen molar-refractivity contribution in [3.63, 3.8) is 0 Å². The largest absolute Gasteiger partial charge is 0.382 e. The number of nitrogens with two attached hydrogens (primary N) is 1. The lowest BCUT2D eigenvalue weighted by Gasteiger charge is -2.36. The number of rotatable bonds is 3. The second-order valence-corrected chi connectivity index (χ2v) is 5.47. The fraction of sp³-hybridized carbons (Fsp3) is 0.538. The van der Waals surface area contributed by atoms with Gasteiger partial charge in [0.2, 0.25) is 0 Å². The van der Waals surface area contributed by atoms with E-state index in [4.69, 9.17) is 11.1 Å². The molecule has 1 aromatic rings. The van der Waals surface area contributed by atoms with E-state index in [0.29, 0.717) is 11.7 Å². The highest BCUT2D eigenvalue weighted by Gasteiger charge is 2.24. The van der Waals surface area contributed by atoms with Crippen molar-refractivity contribution < 1.29 is 0 Å². The van der Waals surface area contributed by atoms with Crippen molar-refractivity contribution in [2.45, 2.75) is 33.7 Å². The van der Waals surface area contributed by atoms with Gasteiger partial charge >= 0.3 is 0 Å². The normalized spacial score (nSPS) is 13.2. The maximum atomic E-state index is 7.30. The molecule has 0 amide bonds. The number of hydrogen-bond donors (Lipinski definition) is 2. The Morgan fingerprint density at radius 1 is 1.41 bits per heavy atom. The minimum atomic E-state index is 0.00285. The Balaban J connectivity index is 2.90. The van der Waals surface area contributed by atoms with Crippen molar-refractivity contribution in [3.8, 4) is 0 Å². The fourth-order valence-electron chi connectivity index (χ4n) is 1.56. The highest BCUT2D eigenvalue weighted by atomic mass is 15.1. The molecule has 0 aliphatic carbocycles. The van der Waals surface area contributed by atoms with Crippen LogP contribution in [0.5, 0.6) is 0 Å². The van der Waals surface area contributed by atoms with Crippen molar-refractivity contribution in [1.82, 2.24) is 4.98 Å². The number of amidine groups is 1. The first-order chi connectivity index (χ1) is 7.73. The van der Waals surface area contributed by atoms with Gasteiger partial charge in [0, 0.05) is 13.1 Å². The zero-order valence-corrected chi connectivity index (χ0v) is 11.3. The average Bonchev–Trinajstić information content (AvgIpc) is 2.26. The van der Waals surface area contributed by atoms with Crippen molar-refractivity contribution in [2.75, 3.05) is 11.9 Å². The van der Waals surface area contributed by atoms with E-state index in [9.17, 15) is 0 Å². The molecule has 1 aromatic heterocycles. The molecule has 0 saturated carbocycles. The first kappa shape index (κ1) is 13.5. The van der Waals surface area contributed by atoms with E-state index in [0.717, 1.165) is 5.69 Å². The lowest BCUT2D eigenvalue weighted by Crippen LogP contribution is -2.39. The van der Waals surface area contributed by atoms with Crippen LogP contribution in [-0.4, -0.2) is 23.9 Å². The highest BCUT2D eigenvalue weighted by molar-refractivity contribution is 5.93. The monoisotopic (exact) mass is 234 g/mol. The van der Waals surface area contributed by atoms with Gasteiger partial charge in [0.25, 0.3) is 0 Å². The summed E-state index contributed by atoms with van der Waals surface area (Å²) in [7, 11) is 2.06. The van der Waals surface area contributed by atoms with E-state index < -0.39 is 0 Å². The van der Waals surface area contributed by atoms with E-state index in [1.165, 1.54) is 0 Å². The number of nitrogens with one attached hydrogen (secondary N) is 1. The summed E-state index contributed by atoms with van der Waals surface area (Å²) in [4.78, 5) is 6.36. The lowest BCUT2D eigenvalue weighted by molar-refractivity contribution is 0.329. The van der Waals surface area contributed by atoms with Crippen LogP contribution in [0, 0.1) is 10.8 Å². The molecule has 1 rings (SSSR count). The smallest absolute Gasteiger partial charge is 0.141 e. The van der Waals surface area contributed by atoms with Gasteiger partial charge in [0.05, 0.1) is 11.9 Å². The number of pyridine rings is 1. The number of nitrogen functional groups attached to an aromatic ring is 1. The molecular formula is C13H22N4. The Morgan fingerprint density at radius 2 is 2.00 bits per heavy atom. The molecule has 1 atom stereocenters. The molecule has 3 N–H and O–H groups in total. The maximum Gasteiger partial charge on any atom is 0.141 e. The third-order valence-electron chi connectivity index (χ3n) is 3.27. The summed E-state index contributed by atoms with van der Waals surface area (Å²) in [6.07, 6.45) is 1.76. The molecular weight excluding hydrogens is 212 g/mol. The van der Waals surface area contributed by atoms with Gasteiger partial charge in [-0.15, -0.1) is 0 Å². The molecule has 0 saturated heterocycles. The van der Waals surface area contributed by atoms with E-state index >= 15 is 0 Å². The molecule has 0 aromatic carbocycles. The fourth-order valence-corrected chi connectivity index (χ4v) is 1.56. The van der Waals surface area contributed by atoms with Crippen molar-refractivity contribution in [3.05, 3.63) is 24.0 Å². The van der Waals surface area contributed by atoms with E-state index in [-0.39, 0.29) is 11.3 Å². The Morgan fingerprint density at radius 3 is 2.35 bits per heavy atom. The zero-order valence-electron chi connectivity index (χ0n) is 11.3. The second-order valence-electron chi connectivity index (χ2n) is 5.47. The van der Waals surface area contributed by atoms with Crippen molar-refractivity contribution >= 4 is 11.5 Å². The van der Waals surface area contributed by atoms with Crippen LogP contribution in [0.4, 0.5) is 5.69 Å². The number of nitrogens with zero attached hydrogens (tertiary/aromatic N) is 2. The summed E-state index contributed by atoms with van der Waals surface area (Å²) in [5, 5.41) is 7.30. The predicted octanol–water partition coefficient (Wildman–Crippen LogP) is 2.24. The van der Waals surface area contributed by atoms with E-state index in [1.807, 2.05) is 6.07 Å². The number of aromatic nitrogens is 1. The Kier molecular flexibility index (Phi) is 3.76. The Hall–Kier alpha value is -1.58. The Bertz CT molecular complexity index is 389. The van der Waals surface area contributed by atoms with Gasteiger partial charge in [-0.2, -0.15) is 0 Å². The van der Waals surface area contributed by atoms with E-state index in [1.54, 1.807) is 12.3 Å². The van der Waals surface area contributed by atoms with Crippen LogP contribution in [0.2, 0.25) is 0 Å². The molecule has 0 aliphatic rings.